The van der Waals surface area contributed by atoms with Crippen molar-refractivity contribution in [2.24, 2.45) is 0 Å². The van der Waals surface area contributed by atoms with Crippen LogP contribution in [0.3, 0.4) is 0 Å². The number of urea groups is 1. The molecule has 5 nitrogen and oxygen atoms in total. The highest BCUT2D eigenvalue weighted by molar-refractivity contribution is 7.17. The molecule has 1 aromatic heterocycles. The molecule has 0 aliphatic rings. The minimum absolute atomic E-state index is 0.360. The van der Waals surface area contributed by atoms with Gasteiger partial charge in [-0.15, -0.1) is 24.5 Å². The van der Waals surface area contributed by atoms with Gasteiger partial charge in [0.25, 0.3) is 5.91 Å². The predicted octanol–water partition coefficient (Wildman–Crippen LogP) is 2.43. The van der Waals surface area contributed by atoms with E-state index in [0.717, 1.165) is 11.3 Å². The lowest BCUT2D eigenvalue weighted by atomic mass is 10.4. The Balaban J connectivity index is 2.50. The summed E-state index contributed by atoms with van der Waals surface area (Å²) in [5.74, 6) is -0.414. The lowest BCUT2D eigenvalue weighted by Gasteiger charge is -2.19. The maximum atomic E-state index is 11.7. The number of nitrogens with one attached hydrogen (secondary N) is 2. The Morgan fingerprint density at radius 1 is 1.26 bits per heavy atom. The van der Waals surface area contributed by atoms with E-state index >= 15 is 0 Å². The molecule has 0 saturated carbocycles. The van der Waals surface area contributed by atoms with Crippen molar-refractivity contribution in [3.8, 4) is 0 Å². The molecule has 3 amide bonds. The zero-order valence-electron chi connectivity index (χ0n) is 10.2. The number of rotatable bonds is 5. The zero-order chi connectivity index (χ0) is 14.3. The van der Waals surface area contributed by atoms with Gasteiger partial charge in [-0.3, -0.25) is 10.2 Å². The van der Waals surface area contributed by atoms with E-state index in [-0.39, 0.29) is 0 Å². The maximum Gasteiger partial charge on any atom is 0.336 e. The fourth-order valence-electron chi connectivity index (χ4n) is 1.24. The van der Waals surface area contributed by atoms with Crippen molar-refractivity contribution in [2.75, 3.05) is 13.1 Å². The van der Waals surface area contributed by atoms with E-state index in [1.165, 1.54) is 4.90 Å². The highest BCUT2D eigenvalue weighted by atomic mass is 35.5. The van der Waals surface area contributed by atoms with Crippen molar-refractivity contribution >= 4 is 34.9 Å². The van der Waals surface area contributed by atoms with Gasteiger partial charge in [-0.1, -0.05) is 23.8 Å². The van der Waals surface area contributed by atoms with E-state index in [4.69, 9.17) is 11.6 Å². The van der Waals surface area contributed by atoms with Crippen molar-refractivity contribution in [3.63, 3.8) is 0 Å². The Kier molecular flexibility index (Phi) is 6.11. The summed E-state index contributed by atoms with van der Waals surface area (Å²) in [7, 11) is 0. The fourth-order valence-corrected chi connectivity index (χ4v) is 2.18. The van der Waals surface area contributed by atoms with Crippen LogP contribution < -0.4 is 10.9 Å². The molecule has 102 valence electrons. The van der Waals surface area contributed by atoms with E-state index < -0.39 is 11.9 Å². The average Bonchev–Trinajstić information content (AvgIpc) is 2.82. The largest absolute Gasteiger partial charge is 0.336 e. The van der Waals surface area contributed by atoms with Crippen molar-refractivity contribution in [3.05, 3.63) is 46.7 Å². The van der Waals surface area contributed by atoms with Crippen molar-refractivity contribution < 1.29 is 9.59 Å². The first kappa shape index (κ1) is 15.3. The molecule has 7 heteroatoms. The Hall–Kier alpha value is -1.79. The molecule has 0 aliphatic heterocycles. The van der Waals surface area contributed by atoms with E-state index in [1.54, 1.807) is 24.3 Å². The third-order valence-electron chi connectivity index (χ3n) is 2.07. The third-order valence-corrected chi connectivity index (χ3v) is 3.30. The quantitative estimate of drug-likeness (QED) is 0.648. The van der Waals surface area contributed by atoms with Gasteiger partial charge in [-0.25, -0.2) is 10.2 Å². The van der Waals surface area contributed by atoms with Gasteiger partial charge in [0.05, 0.1) is 9.21 Å². The summed E-state index contributed by atoms with van der Waals surface area (Å²) in [6.45, 7) is 7.83. The fraction of sp³-hybridized carbons (Fsp3) is 0.167. The summed E-state index contributed by atoms with van der Waals surface area (Å²) in [6.07, 6.45) is 3.17. The smallest absolute Gasteiger partial charge is 0.316 e. The number of nitrogens with zero attached hydrogens (tertiary/aromatic N) is 1. The molecule has 1 aromatic rings. The number of carbonyl (C=O) groups is 2. The number of halogens is 1. The lowest BCUT2D eigenvalue weighted by Crippen LogP contribution is -2.48. The minimum atomic E-state index is -0.434. The van der Waals surface area contributed by atoms with E-state index in [2.05, 4.69) is 24.0 Å². The number of carbonyl (C=O) groups excluding carboxylic acids is 2. The normalized spacial score (nSPS) is 9.53. The summed E-state index contributed by atoms with van der Waals surface area (Å²) >= 11 is 6.85. The standard InChI is InChI=1S/C12H14ClN3O2S/c1-3-7-16(8-4-2)12(18)15-14-11(17)9-5-6-10(13)19-9/h3-6H,1-2,7-8H2,(H,14,17)(H,15,18). The second-order valence-electron chi connectivity index (χ2n) is 3.47. The van der Waals surface area contributed by atoms with Crippen LogP contribution in [-0.2, 0) is 0 Å². The Morgan fingerprint density at radius 2 is 1.89 bits per heavy atom. The number of hydrogen-bond donors (Lipinski definition) is 2. The number of thiophene rings is 1. The average molecular weight is 300 g/mol. The first-order valence-corrected chi connectivity index (χ1v) is 6.60. The second-order valence-corrected chi connectivity index (χ2v) is 5.19. The molecule has 0 spiro atoms. The maximum absolute atomic E-state index is 11.7. The first-order chi connectivity index (χ1) is 9.08. The summed E-state index contributed by atoms with van der Waals surface area (Å²) in [4.78, 5) is 25.3. The van der Waals surface area contributed by atoms with Crippen LogP contribution in [0.4, 0.5) is 4.79 Å². The van der Waals surface area contributed by atoms with Crippen LogP contribution in [0.1, 0.15) is 9.67 Å². The van der Waals surface area contributed by atoms with Gasteiger partial charge in [0.15, 0.2) is 0 Å². The molecule has 19 heavy (non-hydrogen) atoms. The van der Waals surface area contributed by atoms with Crippen molar-refractivity contribution in [1.82, 2.24) is 15.8 Å². The zero-order valence-corrected chi connectivity index (χ0v) is 11.8. The Labute approximate surface area is 120 Å². The van der Waals surface area contributed by atoms with Crippen LogP contribution in [0, 0.1) is 0 Å². The highest BCUT2D eigenvalue weighted by Crippen LogP contribution is 2.20. The van der Waals surface area contributed by atoms with Crippen LogP contribution in [0.2, 0.25) is 4.34 Å². The Morgan fingerprint density at radius 3 is 2.37 bits per heavy atom. The molecule has 0 unspecified atom stereocenters. The molecule has 0 bridgehead atoms. The topological polar surface area (TPSA) is 61.4 Å². The molecular weight excluding hydrogens is 286 g/mol. The first-order valence-electron chi connectivity index (χ1n) is 5.41. The summed E-state index contributed by atoms with van der Waals surface area (Å²) in [5, 5.41) is 0. The van der Waals surface area contributed by atoms with Gasteiger partial charge in [0.2, 0.25) is 0 Å². The summed E-state index contributed by atoms with van der Waals surface area (Å²) in [5.41, 5.74) is 4.63. The van der Waals surface area contributed by atoms with Crippen LogP contribution in [0.5, 0.6) is 0 Å². The molecular formula is C12H14ClN3O2S. The predicted molar refractivity (Wildman–Crippen MR) is 77.3 cm³/mol. The summed E-state index contributed by atoms with van der Waals surface area (Å²) in [6, 6.07) is 2.76. The van der Waals surface area contributed by atoms with Gasteiger partial charge >= 0.3 is 6.03 Å². The minimum Gasteiger partial charge on any atom is -0.316 e. The van der Waals surface area contributed by atoms with Crippen molar-refractivity contribution in [2.45, 2.75) is 0 Å². The monoisotopic (exact) mass is 299 g/mol. The highest BCUT2D eigenvalue weighted by Gasteiger charge is 2.13. The molecule has 0 radical (unpaired) electrons. The van der Waals surface area contributed by atoms with Crippen LogP contribution in [0.15, 0.2) is 37.4 Å². The van der Waals surface area contributed by atoms with Gasteiger partial charge in [-0.2, -0.15) is 0 Å². The molecule has 0 saturated heterocycles. The van der Waals surface area contributed by atoms with E-state index in [9.17, 15) is 9.59 Å². The van der Waals surface area contributed by atoms with Crippen LogP contribution >= 0.6 is 22.9 Å². The molecule has 0 atom stereocenters. The molecule has 0 fully saturated rings. The second kappa shape index (κ2) is 7.60. The molecule has 0 aromatic carbocycles. The van der Waals surface area contributed by atoms with Gasteiger partial charge < -0.3 is 4.90 Å². The summed E-state index contributed by atoms with van der Waals surface area (Å²) < 4.78 is 0.511. The van der Waals surface area contributed by atoms with Crippen molar-refractivity contribution in [1.29, 1.82) is 0 Å². The molecule has 0 aliphatic carbocycles. The number of hydrogen-bond acceptors (Lipinski definition) is 3. The molecule has 1 rings (SSSR count). The van der Waals surface area contributed by atoms with Gasteiger partial charge in [0, 0.05) is 13.1 Å². The van der Waals surface area contributed by atoms with Crippen LogP contribution in [-0.4, -0.2) is 29.9 Å². The molecule has 2 N–H and O–H groups in total. The van der Waals surface area contributed by atoms with Crippen LogP contribution in [0.25, 0.3) is 0 Å². The number of amides is 3. The number of hydrazine groups is 1. The lowest BCUT2D eigenvalue weighted by molar-refractivity contribution is 0.0935. The van der Waals surface area contributed by atoms with E-state index in [1.807, 2.05) is 0 Å². The SMILES string of the molecule is C=CCN(CC=C)C(=O)NNC(=O)c1ccc(Cl)s1. The van der Waals surface area contributed by atoms with Gasteiger partial charge in [0.1, 0.15) is 0 Å². The Bertz CT molecular complexity index is 477. The van der Waals surface area contributed by atoms with E-state index in [0.29, 0.717) is 22.3 Å². The van der Waals surface area contributed by atoms with Gasteiger partial charge in [-0.05, 0) is 12.1 Å². The third kappa shape index (κ3) is 4.76. The molecule has 1 heterocycles.